The number of hydrogen-bond acceptors (Lipinski definition) is 3. The first-order valence-electron chi connectivity index (χ1n) is 7.20. The Bertz CT molecular complexity index is 496. The molecule has 0 aliphatic rings. The van der Waals surface area contributed by atoms with Crippen molar-refractivity contribution in [2.24, 2.45) is 5.73 Å². The van der Waals surface area contributed by atoms with E-state index in [1.54, 1.807) is 6.20 Å². The summed E-state index contributed by atoms with van der Waals surface area (Å²) < 4.78 is 5.92. The number of unbranched alkanes of at least 4 members (excludes halogenated alkanes) is 1. The number of hydrogen-bond donors (Lipinski definition) is 1. The van der Waals surface area contributed by atoms with Gasteiger partial charge >= 0.3 is 0 Å². The number of pyridine rings is 1. The average Bonchev–Trinajstić information content (AvgIpc) is 2.52. The van der Waals surface area contributed by atoms with Gasteiger partial charge in [-0.05, 0) is 42.7 Å². The Morgan fingerprint density at radius 1 is 1.15 bits per heavy atom. The molecule has 1 aromatic heterocycles. The number of nitrogens with two attached hydrogens (primary N) is 1. The van der Waals surface area contributed by atoms with Gasteiger partial charge in [0, 0.05) is 12.7 Å². The van der Waals surface area contributed by atoms with Crippen molar-refractivity contribution in [2.45, 2.75) is 32.3 Å². The highest BCUT2D eigenvalue weighted by atomic mass is 16.5. The number of rotatable bonds is 7. The third kappa shape index (κ3) is 4.07. The van der Waals surface area contributed by atoms with E-state index >= 15 is 0 Å². The zero-order chi connectivity index (χ0) is 14.2. The zero-order valence-corrected chi connectivity index (χ0v) is 12.0. The Kier molecular flexibility index (Phi) is 5.56. The van der Waals surface area contributed by atoms with Gasteiger partial charge in [-0.25, -0.2) is 0 Å². The lowest BCUT2D eigenvalue weighted by Gasteiger charge is -2.17. The van der Waals surface area contributed by atoms with Crippen LogP contribution in [0, 0.1) is 0 Å². The molecule has 0 saturated heterocycles. The lowest BCUT2D eigenvalue weighted by molar-refractivity contribution is 0.209. The van der Waals surface area contributed by atoms with E-state index in [-0.39, 0.29) is 6.10 Å². The first-order valence-corrected chi connectivity index (χ1v) is 7.20. The summed E-state index contributed by atoms with van der Waals surface area (Å²) in [5.41, 5.74) is 8.00. The minimum Gasteiger partial charge on any atom is -0.483 e. The molecule has 1 atom stereocenters. The van der Waals surface area contributed by atoms with Crippen molar-refractivity contribution in [3.05, 3.63) is 59.9 Å². The zero-order valence-electron chi connectivity index (χ0n) is 12.0. The van der Waals surface area contributed by atoms with Gasteiger partial charge in [0.2, 0.25) is 0 Å². The molecule has 0 spiro atoms. The molecule has 0 bridgehead atoms. The van der Waals surface area contributed by atoms with Crippen molar-refractivity contribution in [3.8, 4) is 5.75 Å². The van der Waals surface area contributed by atoms with E-state index in [2.05, 4.69) is 24.0 Å². The van der Waals surface area contributed by atoms with Crippen molar-refractivity contribution in [1.82, 2.24) is 4.98 Å². The van der Waals surface area contributed by atoms with Crippen LogP contribution < -0.4 is 10.5 Å². The molecule has 3 nitrogen and oxygen atoms in total. The van der Waals surface area contributed by atoms with Crippen LogP contribution >= 0.6 is 0 Å². The first-order chi connectivity index (χ1) is 9.83. The molecule has 2 aromatic rings. The van der Waals surface area contributed by atoms with Gasteiger partial charge in [0.15, 0.2) is 6.10 Å². The molecule has 3 heteroatoms. The summed E-state index contributed by atoms with van der Waals surface area (Å²) >= 11 is 0. The van der Waals surface area contributed by atoms with E-state index in [0.29, 0.717) is 6.54 Å². The molecule has 0 fully saturated rings. The summed E-state index contributed by atoms with van der Waals surface area (Å²) in [6, 6.07) is 14.0. The smallest absolute Gasteiger partial charge is 0.153 e. The second kappa shape index (κ2) is 7.65. The van der Waals surface area contributed by atoms with Crippen molar-refractivity contribution >= 4 is 0 Å². The quantitative estimate of drug-likeness (QED) is 0.837. The fourth-order valence-electron chi connectivity index (χ4n) is 2.08. The predicted molar refractivity (Wildman–Crippen MR) is 81.7 cm³/mol. The third-order valence-corrected chi connectivity index (χ3v) is 3.25. The highest BCUT2D eigenvalue weighted by Gasteiger charge is 2.12. The van der Waals surface area contributed by atoms with Gasteiger partial charge in [-0.2, -0.15) is 0 Å². The van der Waals surface area contributed by atoms with Gasteiger partial charge in [0.1, 0.15) is 5.75 Å². The number of benzene rings is 1. The fraction of sp³-hybridized carbons (Fsp3) is 0.353. The highest BCUT2D eigenvalue weighted by molar-refractivity contribution is 5.28. The number of aryl methyl sites for hydroxylation is 1. The normalized spacial score (nSPS) is 12.1. The molecular weight excluding hydrogens is 248 g/mol. The van der Waals surface area contributed by atoms with Gasteiger partial charge in [-0.15, -0.1) is 0 Å². The Labute approximate surface area is 120 Å². The van der Waals surface area contributed by atoms with E-state index in [4.69, 9.17) is 10.5 Å². The molecule has 0 saturated carbocycles. The number of nitrogens with zero attached hydrogens (tertiary/aromatic N) is 1. The van der Waals surface area contributed by atoms with Crippen LogP contribution in [0.4, 0.5) is 0 Å². The van der Waals surface area contributed by atoms with Crippen LogP contribution in [0.25, 0.3) is 0 Å². The Balaban J connectivity index is 2.01. The number of aromatic nitrogens is 1. The van der Waals surface area contributed by atoms with Crippen LogP contribution in [0.5, 0.6) is 5.75 Å². The van der Waals surface area contributed by atoms with Crippen molar-refractivity contribution in [1.29, 1.82) is 0 Å². The second-order valence-electron chi connectivity index (χ2n) is 4.84. The van der Waals surface area contributed by atoms with Crippen LogP contribution in [0.3, 0.4) is 0 Å². The minimum absolute atomic E-state index is 0.197. The molecule has 1 aromatic carbocycles. The van der Waals surface area contributed by atoms with E-state index in [1.807, 2.05) is 30.3 Å². The standard InChI is InChI=1S/C17H22N2O/c1-2-3-6-14-8-10-15(11-9-14)20-17(13-18)16-7-4-5-12-19-16/h4-5,7-12,17H,2-3,6,13,18H2,1H3. The Morgan fingerprint density at radius 2 is 1.95 bits per heavy atom. The second-order valence-corrected chi connectivity index (χ2v) is 4.84. The van der Waals surface area contributed by atoms with E-state index in [1.165, 1.54) is 18.4 Å². The largest absolute Gasteiger partial charge is 0.483 e. The maximum absolute atomic E-state index is 5.92. The maximum atomic E-state index is 5.92. The van der Waals surface area contributed by atoms with Crippen LogP contribution in [0.1, 0.15) is 37.1 Å². The van der Waals surface area contributed by atoms with Gasteiger partial charge in [-0.1, -0.05) is 31.5 Å². The topological polar surface area (TPSA) is 48.1 Å². The Morgan fingerprint density at radius 3 is 2.55 bits per heavy atom. The molecule has 0 aliphatic carbocycles. The Hall–Kier alpha value is -1.87. The summed E-state index contributed by atoms with van der Waals surface area (Å²) in [6.45, 7) is 2.62. The van der Waals surface area contributed by atoms with Gasteiger partial charge in [0.25, 0.3) is 0 Å². The summed E-state index contributed by atoms with van der Waals surface area (Å²) in [6.07, 6.45) is 5.12. The summed E-state index contributed by atoms with van der Waals surface area (Å²) in [5.74, 6) is 0.839. The molecule has 20 heavy (non-hydrogen) atoms. The van der Waals surface area contributed by atoms with Crippen LogP contribution in [0.15, 0.2) is 48.7 Å². The molecule has 0 aliphatic heterocycles. The summed E-state index contributed by atoms with van der Waals surface area (Å²) in [4.78, 5) is 4.30. The molecule has 0 amide bonds. The molecule has 0 radical (unpaired) electrons. The fourth-order valence-corrected chi connectivity index (χ4v) is 2.08. The molecule has 2 rings (SSSR count). The van der Waals surface area contributed by atoms with Gasteiger partial charge in [-0.3, -0.25) is 4.98 Å². The summed E-state index contributed by atoms with van der Waals surface area (Å²) in [5, 5.41) is 0. The van der Waals surface area contributed by atoms with Crippen molar-refractivity contribution < 1.29 is 4.74 Å². The maximum Gasteiger partial charge on any atom is 0.153 e. The number of ether oxygens (including phenoxy) is 1. The SMILES string of the molecule is CCCCc1ccc(OC(CN)c2ccccn2)cc1. The van der Waals surface area contributed by atoms with Gasteiger partial charge < -0.3 is 10.5 Å². The lowest BCUT2D eigenvalue weighted by Crippen LogP contribution is -2.19. The lowest BCUT2D eigenvalue weighted by atomic mass is 10.1. The molecular formula is C17H22N2O. The molecule has 2 N–H and O–H groups in total. The van der Waals surface area contributed by atoms with E-state index < -0.39 is 0 Å². The van der Waals surface area contributed by atoms with Crippen LogP contribution in [-0.2, 0) is 6.42 Å². The third-order valence-electron chi connectivity index (χ3n) is 3.25. The monoisotopic (exact) mass is 270 g/mol. The van der Waals surface area contributed by atoms with Gasteiger partial charge in [0.05, 0.1) is 5.69 Å². The van der Waals surface area contributed by atoms with E-state index in [9.17, 15) is 0 Å². The highest BCUT2D eigenvalue weighted by Crippen LogP contribution is 2.20. The molecule has 1 heterocycles. The van der Waals surface area contributed by atoms with Crippen molar-refractivity contribution in [2.75, 3.05) is 6.54 Å². The van der Waals surface area contributed by atoms with E-state index in [0.717, 1.165) is 17.9 Å². The summed E-state index contributed by atoms with van der Waals surface area (Å²) in [7, 11) is 0. The molecule has 1 unspecified atom stereocenters. The van der Waals surface area contributed by atoms with Crippen LogP contribution in [0.2, 0.25) is 0 Å². The van der Waals surface area contributed by atoms with Crippen LogP contribution in [-0.4, -0.2) is 11.5 Å². The average molecular weight is 270 g/mol. The molecule has 106 valence electrons. The first kappa shape index (κ1) is 14.5. The minimum atomic E-state index is -0.197. The van der Waals surface area contributed by atoms with Crippen molar-refractivity contribution in [3.63, 3.8) is 0 Å². The predicted octanol–water partition coefficient (Wildman–Crippen LogP) is 3.50.